The number of hydrogen-bond acceptors (Lipinski definition) is 5. The number of piperidine rings is 1. The van der Waals surface area contributed by atoms with Gasteiger partial charge < -0.3 is 19.6 Å². The minimum absolute atomic E-state index is 0.128. The topological polar surface area (TPSA) is 56.3 Å². The maximum Gasteiger partial charge on any atom is 0.416 e. The van der Waals surface area contributed by atoms with Crippen molar-refractivity contribution in [1.29, 1.82) is 0 Å². The Balaban J connectivity index is 1.29. The van der Waals surface area contributed by atoms with Crippen molar-refractivity contribution in [3.05, 3.63) is 70.9 Å². The molecule has 2 heterocycles. The average Bonchev–Trinajstić information content (AvgIpc) is 3.29. The molecule has 2 bridgehead atoms. The smallest absolute Gasteiger partial charge is 0.416 e. The fraction of sp³-hybridized carbons (Fsp3) is 0.469. The number of carbonyl (C=O) groups is 1. The van der Waals surface area contributed by atoms with Crippen molar-refractivity contribution >= 4 is 5.91 Å². The number of nitrogens with zero attached hydrogens (tertiary/aromatic N) is 3. The molecule has 1 spiro atoms. The molecule has 2 aromatic rings. The zero-order valence-electron chi connectivity index (χ0n) is 23.5. The molecule has 6 rings (SSSR count). The summed E-state index contributed by atoms with van der Waals surface area (Å²) in [6.45, 7) is 5.92. The van der Waals surface area contributed by atoms with Gasteiger partial charge in [-0.05, 0) is 74.0 Å². The van der Waals surface area contributed by atoms with Crippen molar-refractivity contribution in [2.75, 3.05) is 34.2 Å². The van der Waals surface area contributed by atoms with Crippen LogP contribution < -0.4 is 4.74 Å². The average molecular weight is 566 g/mol. The third-order valence-corrected chi connectivity index (χ3v) is 9.76. The molecule has 5 atom stereocenters. The van der Waals surface area contributed by atoms with Gasteiger partial charge in [0.2, 0.25) is 0 Å². The third-order valence-electron chi connectivity index (χ3n) is 9.76. The second kappa shape index (κ2) is 9.73. The van der Waals surface area contributed by atoms with Gasteiger partial charge in [0.25, 0.3) is 5.91 Å². The first-order valence-electron chi connectivity index (χ1n) is 14.0. The number of benzene rings is 2. The van der Waals surface area contributed by atoms with Crippen LogP contribution in [0.5, 0.6) is 11.5 Å². The normalized spacial score (nSPS) is 27.7. The van der Waals surface area contributed by atoms with E-state index in [0.29, 0.717) is 23.3 Å². The predicted molar refractivity (Wildman–Crippen MR) is 148 cm³/mol. The fourth-order valence-corrected chi connectivity index (χ4v) is 7.67. The molecule has 2 fully saturated rings. The highest BCUT2D eigenvalue weighted by molar-refractivity contribution is 5.94. The molecule has 9 heteroatoms. The number of hydrogen-bond donors (Lipinski definition) is 1. The van der Waals surface area contributed by atoms with Crippen molar-refractivity contribution < 1.29 is 27.8 Å². The van der Waals surface area contributed by atoms with Gasteiger partial charge in [-0.25, -0.2) is 0 Å². The van der Waals surface area contributed by atoms with E-state index >= 15 is 0 Å². The van der Waals surface area contributed by atoms with E-state index in [-0.39, 0.29) is 23.3 Å². The molecular formula is C32H34F3N3O3. The number of ether oxygens (including phenoxy) is 1. The van der Waals surface area contributed by atoms with Gasteiger partial charge in [0.05, 0.1) is 11.6 Å². The standard InChI is InChI=1S/C32H34F3N3O3/c1-19(36(2)3)18-38-16-15-31-23-11-12-24(30(31)41-29-26(39)13-8-21(28(29)31)17-25(23)38)37(4)27(40)14-7-20-5-9-22(10-6-20)32(33,34)35/h5-6,8-10,13,23-25,30,39H,1,11-12,15-18H2,2-4H3/t23-,24-,25+,30-,31-/m0/s1. The molecule has 1 N–H and O–H groups in total. The van der Waals surface area contributed by atoms with E-state index in [0.717, 1.165) is 62.2 Å². The highest BCUT2D eigenvalue weighted by atomic mass is 19.4. The fourth-order valence-electron chi connectivity index (χ4n) is 7.67. The number of rotatable bonds is 4. The predicted octanol–water partition coefficient (Wildman–Crippen LogP) is 4.40. The Morgan fingerprint density at radius 3 is 2.59 bits per heavy atom. The molecule has 41 heavy (non-hydrogen) atoms. The van der Waals surface area contributed by atoms with Crippen LogP contribution in [-0.4, -0.2) is 78.1 Å². The summed E-state index contributed by atoms with van der Waals surface area (Å²) in [4.78, 5) is 19.5. The molecule has 1 saturated heterocycles. The summed E-state index contributed by atoms with van der Waals surface area (Å²) in [5.74, 6) is 5.92. The van der Waals surface area contributed by atoms with Crippen molar-refractivity contribution in [3.8, 4) is 23.3 Å². The lowest BCUT2D eigenvalue weighted by Gasteiger charge is -2.60. The largest absolute Gasteiger partial charge is 0.504 e. The van der Waals surface area contributed by atoms with E-state index in [9.17, 15) is 23.1 Å². The van der Waals surface area contributed by atoms with E-state index < -0.39 is 17.6 Å². The molecule has 2 aliphatic heterocycles. The van der Waals surface area contributed by atoms with Crippen LogP contribution in [0, 0.1) is 17.8 Å². The molecule has 4 aliphatic rings. The maximum absolute atomic E-state index is 13.3. The molecule has 0 aromatic heterocycles. The van der Waals surface area contributed by atoms with Crippen LogP contribution in [0.2, 0.25) is 0 Å². The molecule has 2 aliphatic carbocycles. The van der Waals surface area contributed by atoms with Gasteiger partial charge in [-0.15, -0.1) is 0 Å². The molecule has 216 valence electrons. The van der Waals surface area contributed by atoms with Gasteiger partial charge in [-0.2, -0.15) is 13.2 Å². The molecule has 2 aromatic carbocycles. The second-order valence-electron chi connectivity index (χ2n) is 12.0. The number of phenols is 1. The Bertz CT molecular complexity index is 1460. The first-order valence-corrected chi connectivity index (χ1v) is 14.0. The van der Waals surface area contributed by atoms with E-state index in [2.05, 4.69) is 28.2 Å². The lowest BCUT2D eigenvalue weighted by atomic mass is 9.51. The van der Waals surface area contributed by atoms with Crippen molar-refractivity contribution in [3.63, 3.8) is 0 Å². The second-order valence-corrected chi connectivity index (χ2v) is 12.0. The van der Waals surface area contributed by atoms with Crippen LogP contribution in [0.1, 0.15) is 41.5 Å². The Labute approximate surface area is 238 Å². The first-order chi connectivity index (χ1) is 19.4. The number of alkyl halides is 3. The lowest BCUT2D eigenvalue weighted by Crippen LogP contribution is -2.69. The number of likely N-dealkylation sites (tertiary alicyclic amines) is 1. The number of likely N-dealkylation sites (N-methyl/N-ethyl adjacent to an activating group) is 2. The SMILES string of the molecule is C=C(CN1CC[C@]23c4c5ccc(O)c4O[C@H]2[C@@H](N(C)C(=O)C#Cc2ccc(C(F)(F)F)cc2)CC[C@H]3[C@H]1C5)N(C)C. The Morgan fingerprint density at radius 1 is 1.17 bits per heavy atom. The molecular weight excluding hydrogens is 531 g/mol. The summed E-state index contributed by atoms with van der Waals surface area (Å²) < 4.78 is 45.3. The van der Waals surface area contributed by atoms with E-state index in [4.69, 9.17) is 4.74 Å². The summed E-state index contributed by atoms with van der Waals surface area (Å²) in [7, 11) is 5.74. The molecule has 0 unspecified atom stereocenters. The van der Waals surface area contributed by atoms with Crippen molar-refractivity contribution in [1.82, 2.24) is 14.7 Å². The van der Waals surface area contributed by atoms with Crippen molar-refractivity contribution in [2.24, 2.45) is 5.92 Å². The van der Waals surface area contributed by atoms with Crippen LogP contribution in [-0.2, 0) is 22.8 Å². The minimum atomic E-state index is -4.43. The van der Waals surface area contributed by atoms with E-state index in [1.54, 1.807) is 18.0 Å². The van der Waals surface area contributed by atoms with Gasteiger partial charge in [-0.3, -0.25) is 9.69 Å². The molecule has 1 amide bonds. The van der Waals surface area contributed by atoms with Gasteiger partial charge in [0.15, 0.2) is 11.5 Å². The van der Waals surface area contributed by atoms with Crippen LogP contribution in [0.3, 0.4) is 0 Å². The highest BCUT2D eigenvalue weighted by Crippen LogP contribution is 2.64. The quantitative estimate of drug-likeness (QED) is 0.557. The Morgan fingerprint density at radius 2 is 1.90 bits per heavy atom. The van der Waals surface area contributed by atoms with Crippen LogP contribution in [0.25, 0.3) is 0 Å². The van der Waals surface area contributed by atoms with Crippen LogP contribution in [0.4, 0.5) is 13.2 Å². The maximum atomic E-state index is 13.3. The number of aromatic hydroxyl groups is 1. The number of carbonyl (C=O) groups excluding carboxylic acids is 1. The number of phenolic OH excluding ortho intramolecular Hbond substituents is 1. The summed E-state index contributed by atoms with van der Waals surface area (Å²) in [5, 5.41) is 10.8. The molecule has 6 nitrogen and oxygen atoms in total. The number of halogens is 3. The molecule has 0 radical (unpaired) electrons. The Hall–Kier alpha value is -3.64. The van der Waals surface area contributed by atoms with Crippen molar-refractivity contribution in [2.45, 2.75) is 55.5 Å². The monoisotopic (exact) mass is 565 g/mol. The number of amides is 1. The zero-order valence-corrected chi connectivity index (χ0v) is 23.5. The summed E-state index contributed by atoms with van der Waals surface area (Å²) in [5.41, 5.74) is 2.62. The van der Waals surface area contributed by atoms with Crippen LogP contribution >= 0.6 is 0 Å². The summed E-state index contributed by atoms with van der Waals surface area (Å²) in [6.07, 6.45) is -1.40. The molecule has 1 saturated carbocycles. The first kappa shape index (κ1) is 27.5. The Kier molecular flexibility index (Phi) is 6.53. The van der Waals surface area contributed by atoms with Gasteiger partial charge in [0.1, 0.15) is 6.10 Å². The zero-order chi connectivity index (χ0) is 29.3. The minimum Gasteiger partial charge on any atom is -0.504 e. The van der Waals surface area contributed by atoms with Crippen LogP contribution in [0.15, 0.2) is 48.7 Å². The van der Waals surface area contributed by atoms with Gasteiger partial charge >= 0.3 is 6.18 Å². The lowest BCUT2D eigenvalue weighted by molar-refractivity contribution is -0.137. The highest BCUT2D eigenvalue weighted by Gasteiger charge is 2.66. The summed E-state index contributed by atoms with van der Waals surface area (Å²) >= 11 is 0. The van der Waals surface area contributed by atoms with Gasteiger partial charge in [-0.1, -0.05) is 18.6 Å². The van der Waals surface area contributed by atoms with E-state index in [1.807, 2.05) is 20.2 Å². The van der Waals surface area contributed by atoms with E-state index in [1.165, 1.54) is 17.7 Å². The third kappa shape index (κ3) is 4.35. The van der Waals surface area contributed by atoms with Gasteiger partial charge in [0, 0.05) is 61.9 Å². The summed E-state index contributed by atoms with van der Waals surface area (Å²) in [6, 6.07) is 8.24.